The largest absolute Gasteiger partial charge is 0.490 e. The van der Waals surface area contributed by atoms with Crippen molar-refractivity contribution in [3.8, 4) is 5.75 Å². The van der Waals surface area contributed by atoms with E-state index >= 15 is 0 Å². The summed E-state index contributed by atoms with van der Waals surface area (Å²) in [6.07, 6.45) is 8.10. The molecule has 8 heteroatoms. The van der Waals surface area contributed by atoms with Gasteiger partial charge in [0.2, 0.25) is 11.8 Å². The first-order chi connectivity index (χ1) is 16.4. The summed E-state index contributed by atoms with van der Waals surface area (Å²) in [6.45, 7) is 8.99. The number of nitrogens with one attached hydrogen (secondary N) is 1. The first kappa shape index (κ1) is 24.3. The molecule has 0 bridgehead atoms. The van der Waals surface area contributed by atoms with Gasteiger partial charge in [-0.15, -0.1) is 0 Å². The predicted octanol–water partition coefficient (Wildman–Crippen LogP) is 3.85. The highest BCUT2D eigenvalue weighted by molar-refractivity contribution is 5.99. The number of anilines is 1. The van der Waals surface area contributed by atoms with Crippen LogP contribution in [0.4, 0.5) is 5.69 Å². The lowest BCUT2D eigenvalue weighted by Gasteiger charge is -2.37. The number of imidazole rings is 1. The molecule has 184 valence electrons. The average molecular weight is 468 g/mol. The van der Waals surface area contributed by atoms with Crippen molar-refractivity contribution in [1.29, 1.82) is 0 Å². The molecule has 2 aliphatic rings. The van der Waals surface area contributed by atoms with Crippen molar-refractivity contribution in [1.82, 2.24) is 19.4 Å². The van der Waals surface area contributed by atoms with Gasteiger partial charge < -0.3 is 19.5 Å². The van der Waals surface area contributed by atoms with E-state index in [9.17, 15) is 9.59 Å². The SMILES string of the molecule is CC(=O)N1CCCC[C@@]2(CCCN2Cc2nccn2C(C)C)C(=O)Nc2ccccc2OCC1. The van der Waals surface area contributed by atoms with Crippen LogP contribution in [0.2, 0.25) is 0 Å². The van der Waals surface area contributed by atoms with E-state index in [1.807, 2.05) is 41.6 Å². The number of hydrogen-bond acceptors (Lipinski definition) is 5. The standard InChI is InChI=1S/C26H37N5O3/c1-20(2)31-16-13-27-24(31)19-30-15-8-12-26(30)11-6-7-14-29(21(3)32)17-18-34-23-10-5-4-9-22(23)28-25(26)33/h4-5,9-10,13,16,20H,6-8,11-12,14-15,17-19H2,1-3H3,(H,28,33)/t26-/m1/s1. The maximum atomic E-state index is 13.9. The van der Waals surface area contributed by atoms with Gasteiger partial charge in [0, 0.05) is 31.9 Å². The summed E-state index contributed by atoms with van der Waals surface area (Å²) in [7, 11) is 0. The number of fused-ring (bicyclic) bond motifs is 1. The number of hydrogen-bond donors (Lipinski definition) is 1. The van der Waals surface area contributed by atoms with Crippen LogP contribution in [0.3, 0.4) is 0 Å². The van der Waals surface area contributed by atoms with E-state index < -0.39 is 5.54 Å². The molecule has 2 aromatic rings. The Morgan fingerprint density at radius 3 is 2.74 bits per heavy atom. The van der Waals surface area contributed by atoms with Crippen molar-refractivity contribution in [2.24, 2.45) is 0 Å². The lowest BCUT2D eigenvalue weighted by molar-refractivity contribution is -0.130. The van der Waals surface area contributed by atoms with Crippen LogP contribution in [-0.4, -0.2) is 62.9 Å². The summed E-state index contributed by atoms with van der Waals surface area (Å²) in [5.74, 6) is 1.69. The molecule has 4 rings (SSSR count). The van der Waals surface area contributed by atoms with E-state index in [1.54, 1.807) is 6.92 Å². The van der Waals surface area contributed by atoms with E-state index in [0.29, 0.717) is 43.7 Å². The van der Waals surface area contributed by atoms with Gasteiger partial charge in [-0.3, -0.25) is 14.5 Å². The minimum absolute atomic E-state index is 0.0198. The average Bonchev–Trinajstić information content (AvgIpc) is 3.44. The summed E-state index contributed by atoms with van der Waals surface area (Å²) in [5, 5.41) is 3.20. The zero-order valence-electron chi connectivity index (χ0n) is 20.6. The van der Waals surface area contributed by atoms with Crippen molar-refractivity contribution in [2.75, 3.05) is 31.6 Å². The highest BCUT2D eigenvalue weighted by Gasteiger charge is 2.47. The molecule has 1 aromatic carbocycles. The van der Waals surface area contributed by atoms with Crippen LogP contribution in [0.15, 0.2) is 36.7 Å². The monoisotopic (exact) mass is 467 g/mol. The predicted molar refractivity (Wildman–Crippen MR) is 132 cm³/mol. The van der Waals surface area contributed by atoms with Crippen LogP contribution < -0.4 is 10.1 Å². The number of benzene rings is 1. The molecular formula is C26H37N5O3. The Bertz CT molecular complexity index is 1000. The first-order valence-corrected chi connectivity index (χ1v) is 12.5. The van der Waals surface area contributed by atoms with Gasteiger partial charge in [0.05, 0.1) is 18.8 Å². The quantitative estimate of drug-likeness (QED) is 0.742. The zero-order valence-corrected chi connectivity index (χ0v) is 20.6. The molecule has 0 radical (unpaired) electrons. The fourth-order valence-corrected chi connectivity index (χ4v) is 5.27. The highest BCUT2D eigenvalue weighted by Crippen LogP contribution is 2.38. The third-order valence-electron chi connectivity index (χ3n) is 7.15. The second kappa shape index (κ2) is 10.6. The Morgan fingerprint density at radius 1 is 1.15 bits per heavy atom. The third-order valence-corrected chi connectivity index (χ3v) is 7.15. The number of nitrogens with zero attached hydrogens (tertiary/aromatic N) is 4. The van der Waals surface area contributed by atoms with Crippen molar-refractivity contribution in [3.05, 3.63) is 42.5 Å². The summed E-state index contributed by atoms with van der Waals surface area (Å²) in [5.41, 5.74) is 0.0618. The van der Waals surface area contributed by atoms with Crippen molar-refractivity contribution in [2.45, 2.75) is 71.0 Å². The zero-order chi connectivity index (χ0) is 24.1. The van der Waals surface area contributed by atoms with Crippen molar-refractivity contribution >= 4 is 17.5 Å². The molecule has 1 fully saturated rings. The number of carbonyl (C=O) groups excluding carboxylic acids is 2. The Morgan fingerprint density at radius 2 is 1.94 bits per heavy atom. The lowest BCUT2D eigenvalue weighted by Crippen LogP contribution is -2.53. The van der Waals surface area contributed by atoms with Gasteiger partial charge in [0.25, 0.3) is 0 Å². The molecule has 34 heavy (non-hydrogen) atoms. The molecule has 0 saturated carbocycles. The molecule has 3 heterocycles. The van der Waals surface area contributed by atoms with Crippen molar-refractivity contribution in [3.63, 3.8) is 0 Å². The fraction of sp³-hybridized carbons (Fsp3) is 0.577. The van der Waals surface area contributed by atoms with Gasteiger partial charge in [0.1, 0.15) is 23.7 Å². The molecule has 1 atom stereocenters. The van der Waals surface area contributed by atoms with Gasteiger partial charge in [-0.2, -0.15) is 0 Å². The molecule has 2 amide bonds. The molecular weight excluding hydrogens is 430 g/mol. The Labute approximate surface area is 202 Å². The second-order valence-corrected chi connectivity index (χ2v) is 9.66. The number of amides is 2. The number of likely N-dealkylation sites (tertiary alicyclic amines) is 1. The van der Waals surface area contributed by atoms with E-state index in [-0.39, 0.29) is 11.8 Å². The normalized spacial score (nSPS) is 22.5. The molecule has 1 N–H and O–H groups in total. The van der Waals surface area contributed by atoms with Gasteiger partial charge in [0.15, 0.2) is 0 Å². The molecule has 0 unspecified atom stereocenters. The molecule has 2 aliphatic heterocycles. The Balaban J connectivity index is 1.64. The van der Waals surface area contributed by atoms with E-state index in [0.717, 1.165) is 44.5 Å². The number of para-hydroxylation sites is 2. The van der Waals surface area contributed by atoms with E-state index in [4.69, 9.17) is 4.74 Å². The van der Waals surface area contributed by atoms with Gasteiger partial charge in [-0.05, 0) is 64.6 Å². The Kier molecular flexibility index (Phi) is 7.56. The molecule has 1 saturated heterocycles. The fourth-order valence-electron chi connectivity index (χ4n) is 5.27. The van der Waals surface area contributed by atoms with Gasteiger partial charge in [-0.1, -0.05) is 12.1 Å². The van der Waals surface area contributed by atoms with Crippen LogP contribution in [0.1, 0.15) is 64.7 Å². The maximum absolute atomic E-state index is 13.9. The minimum atomic E-state index is -0.615. The summed E-state index contributed by atoms with van der Waals surface area (Å²) < 4.78 is 8.18. The molecule has 0 aliphatic carbocycles. The number of ether oxygens (including phenoxy) is 1. The summed E-state index contributed by atoms with van der Waals surface area (Å²) in [4.78, 5) is 34.8. The maximum Gasteiger partial charge on any atom is 0.245 e. The van der Waals surface area contributed by atoms with E-state index in [1.165, 1.54) is 0 Å². The number of carbonyl (C=O) groups is 2. The minimum Gasteiger partial charge on any atom is -0.490 e. The molecule has 1 spiro atoms. The second-order valence-electron chi connectivity index (χ2n) is 9.66. The van der Waals surface area contributed by atoms with Crippen LogP contribution in [0.25, 0.3) is 0 Å². The van der Waals surface area contributed by atoms with Gasteiger partial charge >= 0.3 is 0 Å². The molecule has 8 nitrogen and oxygen atoms in total. The number of aromatic nitrogens is 2. The molecule has 1 aromatic heterocycles. The van der Waals surface area contributed by atoms with Crippen molar-refractivity contribution < 1.29 is 14.3 Å². The van der Waals surface area contributed by atoms with Crippen LogP contribution in [-0.2, 0) is 16.1 Å². The highest BCUT2D eigenvalue weighted by atomic mass is 16.5. The van der Waals surface area contributed by atoms with E-state index in [2.05, 4.69) is 33.6 Å². The third kappa shape index (κ3) is 5.12. The summed E-state index contributed by atoms with van der Waals surface area (Å²) in [6, 6.07) is 7.86. The van der Waals surface area contributed by atoms with Crippen LogP contribution >= 0.6 is 0 Å². The first-order valence-electron chi connectivity index (χ1n) is 12.5. The lowest BCUT2D eigenvalue weighted by atomic mass is 9.88. The number of rotatable bonds is 3. The summed E-state index contributed by atoms with van der Waals surface area (Å²) >= 11 is 0. The topological polar surface area (TPSA) is 79.7 Å². The smallest absolute Gasteiger partial charge is 0.245 e. The van der Waals surface area contributed by atoms with Crippen LogP contribution in [0.5, 0.6) is 5.75 Å². The Hall–Kier alpha value is -2.87. The van der Waals surface area contributed by atoms with Crippen LogP contribution in [0, 0.1) is 0 Å². The van der Waals surface area contributed by atoms with Gasteiger partial charge in [-0.25, -0.2) is 4.98 Å².